The Bertz CT molecular complexity index is 247. The number of aliphatic hydroxyl groups is 1. The number of β-amino-alcohol motifs (C(OH)–C–C–N with tert-alkyl or cyclic N) is 1. The summed E-state index contributed by atoms with van der Waals surface area (Å²) in [5.74, 6) is 0. The zero-order chi connectivity index (χ0) is 8.39. The van der Waals surface area contributed by atoms with Crippen LogP contribution in [0.3, 0.4) is 0 Å². The predicted octanol–water partition coefficient (Wildman–Crippen LogP) is 1.08. The Kier molecular flexibility index (Phi) is 2.11. The van der Waals surface area contributed by atoms with Gasteiger partial charge in [0.25, 0.3) is 0 Å². The molecule has 0 radical (unpaired) electrons. The van der Waals surface area contributed by atoms with E-state index in [0.717, 1.165) is 13.0 Å². The monoisotopic (exact) mass is 163 g/mol. The van der Waals surface area contributed by atoms with Gasteiger partial charge in [0.1, 0.15) is 0 Å². The average Bonchev–Trinajstić information content (AvgIpc) is 2.54. The van der Waals surface area contributed by atoms with E-state index in [1.165, 1.54) is 5.56 Å². The minimum atomic E-state index is -0.171. The van der Waals surface area contributed by atoms with Crippen LogP contribution in [0.25, 0.3) is 0 Å². The van der Waals surface area contributed by atoms with E-state index in [2.05, 4.69) is 17.4 Å². The zero-order valence-corrected chi connectivity index (χ0v) is 6.90. The van der Waals surface area contributed by atoms with Crippen molar-refractivity contribution in [3.8, 4) is 0 Å². The molecule has 1 aliphatic rings. The Morgan fingerprint density at radius 2 is 2.00 bits per heavy atom. The van der Waals surface area contributed by atoms with Gasteiger partial charge in [-0.1, -0.05) is 30.3 Å². The Labute approximate surface area is 72.2 Å². The molecule has 1 aromatic rings. The van der Waals surface area contributed by atoms with Crippen molar-refractivity contribution < 1.29 is 5.11 Å². The van der Waals surface area contributed by atoms with Gasteiger partial charge in [-0.3, -0.25) is 0 Å². The molecule has 0 bridgehead atoms. The number of rotatable bonds is 1. The van der Waals surface area contributed by atoms with Gasteiger partial charge in [-0.15, -0.1) is 0 Å². The van der Waals surface area contributed by atoms with Gasteiger partial charge in [-0.2, -0.15) is 0 Å². The lowest BCUT2D eigenvalue weighted by Gasteiger charge is -2.08. The van der Waals surface area contributed by atoms with Gasteiger partial charge in [-0.05, 0) is 12.0 Å². The number of hydrogen-bond acceptors (Lipinski definition) is 2. The van der Waals surface area contributed by atoms with E-state index in [-0.39, 0.29) is 6.10 Å². The summed E-state index contributed by atoms with van der Waals surface area (Å²) in [6.45, 7) is 0.722. The molecule has 0 aromatic heterocycles. The van der Waals surface area contributed by atoms with E-state index >= 15 is 0 Å². The molecule has 1 heterocycles. The van der Waals surface area contributed by atoms with Crippen LogP contribution in [-0.2, 0) is 0 Å². The molecule has 0 saturated carbocycles. The van der Waals surface area contributed by atoms with Crippen LogP contribution < -0.4 is 5.32 Å². The van der Waals surface area contributed by atoms with E-state index in [9.17, 15) is 5.11 Å². The first kappa shape index (κ1) is 7.77. The smallest absolute Gasteiger partial charge is 0.0682 e. The van der Waals surface area contributed by atoms with Gasteiger partial charge in [0, 0.05) is 12.6 Å². The van der Waals surface area contributed by atoms with E-state index < -0.39 is 0 Å². The number of aliphatic hydroxyl groups excluding tert-OH is 1. The lowest BCUT2D eigenvalue weighted by Crippen LogP contribution is -2.14. The normalized spacial score (nSPS) is 29.1. The summed E-state index contributed by atoms with van der Waals surface area (Å²) in [4.78, 5) is 0. The first-order valence-electron chi connectivity index (χ1n) is 4.32. The standard InChI is InChI=1S/C10H13NO/c12-9-6-10(11-7-9)8-4-2-1-3-5-8/h1-5,9-12H,6-7H2. The molecule has 1 aliphatic heterocycles. The highest BCUT2D eigenvalue weighted by Crippen LogP contribution is 2.22. The zero-order valence-electron chi connectivity index (χ0n) is 6.90. The van der Waals surface area contributed by atoms with Gasteiger partial charge in [-0.25, -0.2) is 0 Å². The molecule has 2 unspecified atom stereocenters. The molecular weight excluding hydrogens is 150 g/mol. The number of nitrogens with one attached hydrogen (secondary N) is 1. The molecule has 2 atom stereocenters. The summed E-state index contributed by atoms with van der Waals surface area (Å²) in [5.41, 5.74) is 1.27. The first-order chi connectivity index (χ1) is 5.86. The minimum absolute atomic E-state index is 0.171. The largest absolute Gasteiger partial charge is 0.392 e. The lowest BCUT2D eigenvalue weighted by atomic mass is 10.1. The van der Waals surface area contributed by atoms with Crippen molar-refractivity contribution in [3.63, 3.8) is 0 Å². The van der Waals surface area contributed by atoms with E-state index in [1.807, 2.05) is 18.2 Å². The fourth-order valence-electron chi connectivity index (χ4n) is 1.66. The molecule has 2 heteroatoms. The van der Waals surface area contributed by atoms with Gasteiger partial charge in [0.05, 0.1) is 6.10 Å². The van der Waals surface area contributed by atoms with Crippen LogP contribution in [0.4, 0.5) is 0 Å². The van der Waals surface area contributed by atoms with Gasteiger partial charge in [0.15, 0.2) is 0 Å². The number of hydrogen-bond donors (Lipinski definition) is 2. The summed E-state index contributed by atoms with van der Waals surface area (Å²) in [6.07, 6.45) is 0.666. The van der Waals surface area contributed by atoms with Gasteiger partial charge in [0.2, 0.25) is 0 Å². The molecule has 0 spiro atoms. The van der Waals surface area contributed by atoms with E-state index in [1.54, 1.807) is 0 Å². The summed E-state index contributed by atoms with van der Waals surface area (Å²) in [7, 11) is 0. The molecule has 2 N–H and O–H groups in total. The third-order valence-corrected chi connectivity index (χ3v) is 2.31. The summed E-state index contributed by atoms with van der Waals surface area (Å²) in [6, 6.07) is 10.6. The first-order valence-corrected chi connectivity index (χ1v) is 4.32. The molecule has 2 rings (SSSR count). The predicted molar refractivity (Wildman–Crippen MR) is 47.8 cm³/mol. The molecule has 1 fully saturated rings. The highest BCUT2D eigenvalue weighted by molar-refractivity contribution is 5.20. The lowest BCUT2D eigenvalue weighted by molar-refractivity contribution is 0.193. The third kappa shape index (κ3) is 1.49. The van der Waals surface area contributed by atoms with Crippen molar-refractivity contribution >= 4 is 0 Å². The minimum Gasteiger partial charge on any atom is -0.392 e. The summed E-state index contributed by atoms with van der Waals surface area (Å²) >= 11 is 0. The van der Waals surface area contributed by atoms with Crippen molar-refractivity contribution in [1.29, 1.82) is 0 Å². The summed E-state index contributed by atoms with van der Waals surface area (Å²) < 4.78 is 0. The van der Waals surface area contributed by atoms with Crippen molar-refractivity contribution in [3.05, 3.63) is 35.9 Å². The van der Waals surface area contributed by atoms with Crippen LogP contribution in [0.2, 0.25) is 0 Å². The fourth-order valence-corrected chi connectivity index (χ4v) is 1.66. The van der Waals surface area contributed by atoms with Crippen LogP contribution in [-0.4, -0.2) is 17.8 Å². The van der Waals surface area contributed by atoms with Gasteiger partial charge >= 0.3 is 0 Å². The molecule has 2 nitrogen and oxygen atoms in total. The maximum absolute atomic E-state index is 9.30. The highest BCUT2D eigenvalue weighted by Gasteiger charge is 2.22. The van der Waals surface area contributed by atoms with Crippen molar-refractivity contribution in [1.82, 2.24) is 5.32 Å². The molecule has 12 heavy (non-hydrogen) atoms. The van der Waals surface area contributed by atoms with Crippen molar-refractivity contribution in [2.24, 2.45) is 0 Å². The average molecular weight is 163 g/mol. The molecular formula is C10H13NO. The topological polar surface area (TPSA) is 32.3 Å². The Balaban J connectivity index is 2.11. The fraction of sp³-hybridized carbons (Fsp3) is 0.400. The van der Waals surface area contributed by atoms with Crippen LogP contribution in [0.5, 0.6) is 0 Å². The maximum atomic E-state index is 9.30. The van der Waals surface area contributed by atoms with Crippen molar-refractivity contribution in [2.45, 2.75) is 18.6 Å². The Hall–Kier alpha value is -0.860. The molecule has 1 saturated heterocycles. The van der Waals surface area contributed by atoms with Crippen LogP contribution >= 0.6 is 0 Å². The second kappa shape index (κ2) is 3.25. The van der Waals surface area contributed by atoms with E-state index in [0.29, 0.717) is 6.04 Å². The van der Waals surface area contributed by atoms with Crippen LogP contribution in [0.15, 0.2) is 30.3 Å². The number of benzene rings is 1. The molecule has 0 aliphatic carbocycles. The summed E-state index contributed by atoms with van der Waals surface area (Å²) in [5, 5.41) is 12.6. The van der Waals surface area contributed by atoms with E-state index in [4.69, 9.17) is 0 Å². The maximum Gasteiger partial charge on any atom is 0.0682 e. The van der Waals surface area contributed by atoms with Gasteiger partial charge < -0.3 is 10.4 Å². The Morgan fingerprint density at radius 3 is 2.58 bits per heavy atom. The second-order valence-electron chi connectivity index (χ2n) is 3.26. The third-order valence-electron chi connectivity index (χ3n) is 2.31. The van der Waals surface area contributed by atoms with Crippen molar-refractivity contribution in [2.75, 3.05) is 6.54 Å². The second-order valence-corrected chi connectivity index (χ2v) is 3.26. The Morgan fingerprint density at radius 1 is 1.25 bits per heavy atom. The van der Waals surface area contributed by atoms with Crippen LogP contribution in [0.1, 0.15) is 18.0 Å². The molecule has 0 amide bonds. The highest BCUT2D eigenvalue weighted by atomic mass is 16.3. The van der Waals surface area contributed by atoms with Crippen LogP contribution in [0, 0.1) is 0 Å². The SMILES string of the molecule is OC1CNC(c2ccccc2)C1. The quantitative estimate of drug-likeness (QED) is 0.649. The molecule has 64 valence electrons. The molecule has 1 aromatic carbocycles.